The number of hydrogen-bond acceptors (Lipinski definition) is 5. The van der Waals surface area contributed by atoms with E-state index in [1.165, 1.54) is 5.56 Å². The summed E-state index contributed by atoms with van der Waals surface area (Å²) in [5, 5.41) is 15.3. The van der Waals surface area contributed by atoms with Gasteiger partial charge in [-0.2, -0.15) is 4.68 Å². The van der Waals surface area contributed by atoms with Gasteiger partial charge in [0.1, 0.15) is 5.75 Å². The molecule has 148 valence electrons. The summed E-state index contributed by atoms with van der Waals surface area (Å²) >= 11 is 0. The highest BCUT2D eigenvalue weighted by Gasteiger charge is 2.11. The van der Waals surface area contributed by atoms with Gasteiger partial charge in [0.25, 0.3) is 0 Å². The highest BCUT2D eigenvalue weighted by molar-refractivity contribution is 5.34. The molecule has 1 heterocycles. The number of nitrogens with zero attached hydrogens (tertiary/aromatic N) is 4. The molecule has 1 unspecified atom stereocenters. The fourth-order valence-corrected chi connectivity index (χ4v) is 2.93. The fourth-order valence-electron chi connectivity index (χ4n) is 2.93. The van der Waals surface area contributed by atoms with Crippen molar-refractivity contribution in [3.8, 4) is 17.4 Å². The molecule has 0 aliphatic carbocycles. The van der Waals surface area contributed by atoms with Gasteiger partial charge in [0.2, 0.25) is 0 Å². The van der Waals surface area contributed by atoms with E-state index in [1.54, 1.807) is 4.68 Å². The van der Waals surface area contributed by atoms with Crippen LogP contribution in [0.25, 0.3) is 5.69 Å². The van der Waals surface area contributed by atoms with E-state index in [1.807, 2.05) is 54.6 Å². The minimum atomic E-state index is 0. The maximum atomic E-state index is 5.94. The third-order valence-electron chi connectivity index (χ3n) is 4.46. The zero-order valence-electron chi connectivity index (χ0n) is 15.9. The van der Waals surface area contributed by atoms with Crippen LogP contribution >= 0.6 is 0 Å². The summed E-state index contributed by atoms with van der Waals surface area (Å²) in [5.41, 5.74) is 3.23. The van der Waals surface area contributed by atoms with Crippen LogP contribution in [0, 0.1) is 0 Å². The van der Waals surface area contributed by atoms with Crippen LogP contribution < -0.4 is 22.5 Å². The smallest absolute Gasteiger partial charge is 0.345 e. The van der Waals surface area contributed by atoms with E-state index in [0.717, 1.165) is 17.8 Å². The minimum Gasteiger partial charge on any atom is -1.00 e. The maximum Gasteiger partial charge on any atom is 0.345 e. The van der Waals surface area contributed by atoms with Gasteiger partial charge in [-0.3, -0.25) is 0 Å². The average molecular weight is 407 g/mol. The molecule has 0 aliphatic rings. The Balaban J connectivity index is 0.00000240. The quantitative estimate of drug-likeness (QED) is 0.501. The van der Waals surface area contributed by atoms with Crippen molar-refractivity contribution in [3.63, 3.8) is 0 Å². The Morgan fingerprint density at radius 2 is 1.66 bits per heavy atom. The predicted octanol–water partition coefficient (Wildman–Crippen LogP) is 1.31. The molecule has 6 nitrogen and oxygen atoms in total. The molecule has 0 aliphatic heterocycles. The molecule has 4 rings (SSSR count). The summed E-state index contributed by atoms with van der Waals surface area (Å²) in [4.78, 5) is 0. The number of aromatic nitrogens is 4. The summed E-state index contributed by atoms with van der Waals surface area (Å²) in [7, 11) is 0. The van der Waals surface area contributed by atoms with Crippen LogP contribution in [0.3, 0.4) is 0 Å². The SMILES string of the molecule is CC(NCc1cccc(Oc2nnnn2-c2ccccc2)c1)c1ccccc1.[Cl-]. The summed E-state index contributed by atoms with van der Waals surface area (Å²) in [6, 6.07) is 28.6. The summed E-state index contributed by atoms with van der Waals surface area (Å²) in [5.74, 6) is 0.693. The normalized spacial score (nSPS) is 11.5. The monoisotopic (exact) mass is 406 g/mol. The number of hydrogen-bond donors (Lipinski definition) is 1. The molecule has 3 aromatic carbocycles. The third kappa shape index (κ3) is 5.19. The maximum absolute atomic E-state index is 5.94. The topological polar surface area (TPSA) is 64.9 Å². The lowest BCUT2D eigenvalue weighted by Gasteiger charge is -2.14. The lowest BCUT2D eigenvalue weighted by Crippen LogP contribution is -3.00. The Morgan fingerprint density at radius 3 is 2.41 bits per heavy atom. The van der Waals surface area contributed by atoms with Crippen LogP contribution in [0.1, 0.15) is 24.1 Å². The molecule has 0 saturated heterocycles. The number of benzene rings is 3. The highest BCUT2D eigenvalue weighted by atomic mass is 35.5. The predicted molar refractivity (Wildman–Crippen MR) is 107 cm³/mol. The molecule has 0 bridgehead atoms. The van der Waals surface area contributed by atoms with E-state index in [-0.39, 0.29) is 18.4 Å². The van der Waals surface area contributed by atoms with Crippen molar-refractivity contribution >= 4 is 0 Å². The van der Waals surface area contributed by atoms with Gasteiger partial charge in [-0.25, -0.2) is 0 Å². The summed E-state index contributed by atoms with van der Waals surface area (Å²) in [6.07, 6.45) is 0. The Kier molecular flexibility index (Phi) is 6.94. The lowest BCUT2D eigenvalue weighted by atomic mass is 10.1. The van der Waals surface area contributed by atoms with Crippen molar-refractivity contribution in [2.45, 2.75) is 19.5 Å². The van der Waals surface area contributed by atoms with E-state index in [4.69, 9.17) is 4.74 Å². The van der Waals surface area contributed by atoms with Gasteiger partial charge in [0.05, 0.1) is 5.69 Å². The molecule has 0 amide bonds. The zero-order valence-corrected chi connectivity index (χ0v) is 16.7. The van der Waals surface area contributed by atoms with Crippen LogP contribution in [-0.4, -0.2) is 20.2 Å². The van der Waals surface area contributed by atoms with Crippen LogP contribution in [0.4, 0.5) is 0 Å². The first-order valence-corrected chi connectivity index (χ1v) is 9.18. The molecule has 0 fully saturated rings. The van der Waals surface area contributed by atoms with Crippen molar-refractivity contribution in [2.24, 2.45) is 0 Å². The first-order chi connectivity index (χ1) is 13.8. The van der Waals surface area contributed by atoms with Crippen LogP contribution in [-0.2, 0) is 6.54 Å². The van der Waals surface area contributed by atoms with E-state index < -0.39 is 0 Å². The van der Waals surface area contributed by atoms with Gasteiger partial charge in [0, 0.05) is 12.6 Å². The zero-order chi connectivity index (χ0) is 19.2. The summed E-state index contributed by atoms with van der Waals surface area (Å²) < 4.78 is 7.51. The van der Waals surface area contributed by atoms with Crippen LogP contribution in [0.2, 0.25) is 0 Å². The molecule has 0 spiro atoms. The van der Waals surface area contributed by atoms with Crippen molar-refractivity contribution in [1.29, 1.82) is 0 Å². The molecule has 1 N–H and O–H groups in total. The Hall–Kier alpha value is -3.22. The number of ether oxygens (including phenoxy) is 1. The van der Waals surface area contributed by atoms with Crippen molar-refractivity contribution in [3.05, 3.63) is 96.1 Å². The largest absolute Gasteiger partial charge is 1.00 e. The molecular weight excluding hydrogens is 386 g/mol. The first kappa shape index (κ1) is 20.5. The second-order valence-corrected chi connectivity index (χ2v) is 6.47. The van der Waals surface area contributed by atoms with E-state index in [9.17, 15) is 0 Å². The van der Waals surface area contributed by atoms with E-state index in [0.29, 0.717) is 11.8 Å². The Labute approximate surface area is 175 Å². The Morgan fingerprint density at radius 1 is 0.931 bits per heavy atom. The molecule has 0 saturated carbocycles. The van der Waals surface area contributed by atoms with Crippen LogP contribution in [0.15, 0.2) is 84.9 Å². The third-order valence-corrected chi connectivity index (χ3v) is 4.46. The average Bonchev–Trinajstić information content (AvgIpc) is 3.21. The number of halogens is 1. The molecule has 1 atom stereocenters. The van der Waals surface area contributed by atoms with Crippen molar-refractivity contribution < 1.29 is 17.1 Å². The minimum absolute atomic E-state index is 0. The summed E-state index contributed by atoms with van der Waals surface area (Å²) in [6.45, 7) is 2.89. The highest BCUT2D eigenvalue weighted by Crippen LogP contribution is 2.22. The molecule has 1 aromatic heterocycles. The molecule has 0 radical (unpaired) electrons. The molecule has 4 aromatic rings. The first-order valence-electron chi connectivity index (χ1n) is 9.18. The van der Waals surface area contributed by atoms with Crippen molar-refractivity contribution in [2.75, 3.05) is 0 Å². The van der Waals surface area contributed by atoms with Crippen LogP contribution in [0.5, 0.6) is 11.8 Å². The molecular formula is C22H21ClN5O-. The van der Waals surface area contributed by atoms with E-state index >= 15 is 0 Å². The standard InChI is InChI=1S/C22H21N5O.ClH/c1-17(19-10-4-2-5-11-19)23-16-18-9-8-14-21(15-18)28-22-24-25-26-27(22)20-12-6-3-7-13-20;/h2-15,17,23H,16H2,1H3;1H/p-1. The molecule has 29 heavy (non-hydrogen) atoms. The van der Waals surface area contributed by atoms with Gasteiger partial charge >= 0.3 is 6.01 Å². The second kappa shape index (κ2) is 9.82. The lowest BCUT2D eigenvalue weighted by molar-refractivity contribution is -0.00000649. The van der Waals surface area contributed by atoms with Gasteiger partial charge in [-0.1, -0.05) is 65.8 Å². The van der Waals surface area contributed by atoms with E-state index in [2.05, 4.69) is 58.1 Å². The van der Waals surface area contributed by atoms with Gasteiger partial charge < -0.3 is 22.5 Å². The number of rotatable bonds is 7. The van der Waals surface area contributed by atoms with Crippen molar-refractivity contribution in [1.82, 2.24) is 25.5 Å². The Bertz CT molecular complexity index is 1020. The van der Waals surface area contributed by atoms with Gasteiger partial charge in [-0.05, 0) is 52.7 Å². The number of para-hydroxylation sites is 1. The number of nitrogens with one attached hydrogen (secondary N) is 1. The number of tetrazole rings is 1. The fraction of sp³-hybridized carbons (Fsp3) is 0.136. The molecule has 7 heteroatoms. The second-order valence-electron chi connectivity index (χ2n) is 6.47. The van der Waals surface area contributed by atoms with Gasteiger partial charge in [-0.15, -0.1) is 0 Å². The van der Waals surface area contributed by atoms with Gasteiger partial charge in [0.15, 0.2) is 0 Å².